The standard InChI is InChI=1S/C26H25N5S/c1-17-9-11-20(12-10-17)31-25(24(29-26(31)32)23-8-4-5-14-28-23)22-15-18(2)30(19(22)3)21-7-6-13-27-16-21/h4-16,24-25H,1-3H3,(H,29,32)/t24-,25+/m1/s1. The number of aromatic nitrogens is 3. The molecule has 6 heteroatoms. The summed E-state index contributed by atoms with van der Waals surface area (Å²) in [4.78, 5) is 11.2. The number of hydrogen-bond donors (Lipinski definition) is 1. The van der Waals surface area contributed by atoms with E-state index in [4.69, 9.17) is 12.2 Å². The van der Waals surface area contributed by atoms with Crippen LogP contribution in [0.3, 0.4) is 0 Å². The van der Waals surface area contributed by atoms with E-state index in [1.165, 1.54) is 16.8 Å². The van der Waals surface area contributed by atoms with Crippen LogP contribution in [0.4, 0.5) is 5.69 Å². The maximum absolute atomic E-state index is 5.86. The lowest BCUT2D eigenvalue weighted by Gasteiger charge is -2.28. The zero-order valence-electron chi connectivity index (χ0n) is 18.4. The Morgan fingerprint density at radius 2 is 1.72 bits per heavy atom. The second-order valence-corrected chi connectivity index (χ2v) is 8.59. The predicted molar refractivity (Wildman–Crippen MR) is 132 cm³/mol. The Morgan fingerprint density at radius 3 is 2.41 bits per heavy atom. The number of anilines is 1. The first-order valence-electron chi connectivity index (χ1n) is 10.7. The first-order chi connectivity index (χ1) is 15.5. The molecule has 1 aliphatic heterocycles. The van der Waals surface area contributed by atoms with Crippen molar-refractivity contribution in [2.75, 3.05) is 4.90 Å². The predicted octanol–water partition coefficient (Wildman–Crippen LogP) is 5.37. The van der Waals surface area contributed by atoms with Crippen molar-refractivity contribution in [2.24, 2.45) is 0 Å². The molecule has 1 aliphatic rings. The molecule has 1 saturated heterocycles. The van der Waals surface area contributed by atoms with Crippen LogP contribution in [0.1, 0.15) is 40.3 Å². The quantitative estimate of drug-likeness (QED) is 0.433. The molecule has 0 radical (unpaired) electrons. The second kappa shape index (κ2) is 8.20. The fraction of sp³-hybridized carbons (Fsp3) is 0.192. The number of nitrogens with one attached hydrogen (secondary N) is 1. The van der Waals surface area contributed by atoms with Gasteiger partial charge in [-0.15, -0.1) is 0 Å². The van der Waals surface area contributed by atoms with Gasteiger partial charge in [-0.25, -0.2) is 0 Å². The van der Waals surface area contributed by atoms with Gasteiger partial charge in [-0.3, -0.25) is 9.97 Å². The van der Waals surface area contributed by atoms with Crippen molar-refractivity contribution in [2.45, 2.75) is 32.9 Å². The minimum Gasteiger partial charge on any atom is -0.351 e. The van der Waals surface area contributed by atoms with E-state index in [9.17, 15) is 0 Å². The molecule has 4 heterocycles. The van der Waals surface area contributed by atoms with Crippen LogP contribution < -0.4 is 10.2 Å². The number of benzene rings is 1. The van der Waals surface area contributed by atoms with Crippen molar-refractivity contribution in [3.05, 3.63) is 107 Å². The first kappa shape index (κ1) is 20.4. The van der Waals surface area contributed by atoms with Crippen LogP contribution in [-0.2, 0) is 0 Å². The molecular formula is C26H25N5S. The highest BCUT2D eigenvalue weighted by molar-refractivity contribution is 7.80. The van der Waals surface area contributed by atoms with Crippen LogP contribution in [0, 0.1) is 20.8 Å². The lowest BCUT2D eigenvalue weighted by Crippen LogP contribution is -2.29. The van der Waals surface area contributed by atoms with Crippen molar-refractivity contribution in [3.63, 3.8) is 0 Å². The van der Waals surface area contributed by atoms with E-state index >= 15 is 0 Å². The van der Waals surface area contributed by atoms with Crippen LogP contribution in [0.5, 0.6) is 0 Å². The Balaban J connectivity index is 1.68. The van der Waals surface area contributed by atoms with Crippen LogP contribution in [0.15, 0.2) is 79.3 Å². The number of nitrogens with zero attached hydrogens (tertiary/aromatic N) is 4. The van der Waals surface area contributed by atoms with Gasteiger partial charge >= 0.3 is 0 Å². The highest BCUT2D eigenvalue weighted by Gasteiger charge is 2.42. The van der Waals surface area contributed by atoms with Gasteiger partial charge in [0.1, 0.15) is 0 Å². The summed E-state index contributed by atoms with van der Waals surface area (Å²) < 4.78 is 2.26. The number of hydrogen-bond acceptors (Lipinski definition) is 3. The topological polar surface area (TPSA) is 46.0 Å². The molecule has 2 atom stereocenters. The molecule has 0 saturated carbocycles. The van der Waals surface area contributed by atoms with Gasteiger partial charge < -0.3 is 14.8 Å². The Bertz CT molecular complexity index is 1250. The van der Waals surface area contributed by atoms with E-state index in [2.05, 4.69) is 88.0 Å². The molecule has 0 bridgehead atoms. The Kier molecular flexibility index (Phi) is 5.23. The summed E-state index contributed by atoms with van der Waals surface area (Å²) in [6.45, 7) is 6.40. The third kappa shape index (κ3) is 3.46. The first-order valence-corrected chi connectivity index (χ1v) is 11.1. The van der Waals surface area contributed by atoms with E-state index in [1.807, 2.05) is 30.6 Å². The number of pyridine rings is 2. The van der Waals surface area contributed by atoms with Gasteiger partial charge in [-0.05, 0) is 81.0 Å². The van der Waals surface area contributed by atoms with E-state index in [1.54, 1.807) is 6.20 Å². The summed E-state index contributed by atoms with van der Waals surface area (Å²) in [5.74, 6) is 0. The maximum Gasteiger partial charge on any atom is 0.174 e. The fourth-order valence-electron chi connectivity index (χ4n) is 4.62. The van der Waals surface area contributed by atoms with E-state index < -0.39 is 0 Å². The number of aryl methyl sites for hydroxylation is 2. The minimum atomic E-state index is -0.0622. The van der Waals surface area contributed by atoms with Gasteiger partial charge in [-0.1, -0.05) is 23.8 Å². The van der Waals surface area contributed by atoms with Crippen LogP contribution in [-0.4, -0.2) is 19.6 Å². The maximum atomic E-state index is 5.86. The molecule has 4 aromatic rings. The molecular weight excluding hydrogens is 414 g/mol. The SMILES string of the molecule is Cc1ccc(N2C(=S)N[C@H](c3ccccn3)[C@@H]2c2cc(C)n(-c3cccnc3)c2C)cc1. The van der Waals surface area contributed by atoms with Crippen LogP contribution >= 0.6 is 12.2 Å². The molecule has 0 amide bonds. The molecule has 0 aliphatic carbocycles. The van der Waals surface area contributed by atoms with E-state index in [0.717, 1.165) is 22.8 Å². The summed E-state index contributed by atoms with van der Waals surface area (Å²) in [5.41, 5.74) is 7.87. The molecule has 5 nitrogen and oxygen atoms in total. The van der Waals surface area contributed by atoms with Crippen molar-refractivity contribution in [1.82, 2.24) is 19.9 Å². The molecule has 160 valence electrons. The average Bonchev–Trinajstić information content (AvgIpc) is 3.31. The summed E-state index contributed by atoms with van der Waals surface area (Å²) in [6.07, 6.45) is 5.54. The lowest BCUT2D eigenvalue weighted by molar-refractivity contribution is 0.565. The van der Waals surface area contributed by atoms with Gasteiger partial charge in [0.05, 0.1) is 29.7 Å². The Morgan fingerprint density at radius 1 is 0.906 bits per heavy atom. The summed E-state index contributed by atoms with van der Waals surface area (Å²) in [7, 11) is 0. The second-order valence-electron chi connectivity index (χ2n) is 8.21. The number of rotatable bonds is 4. The van der Waals surface area contributed by atoms with Crippen LogP contribution in [0.2, 0.25) is 0 Å². The van der Waals surface area contributed by atoms with E-state index in [0.29, 0.717) is 5.11 Å². The highest BCUT2D eigenvalue weighted by Crippen LogP contribution is 2.43. The lowest BCUT2D eigenvalue weighted by atomic mass is 9.96. The molecule has 0 spiro atoms. The van der Waals surface area contributed by atoms with Crippen molar-refractivity contribution in [3.8, 4) is 5.69 Å². The Hall–Kier alpha value is -3.51. The molecule has 1 fully saturated rings. The van der Waals surface area contributed by atoms with Gasteiger partial charge in [-0.2, -0.15) is 0 Å². The zero-order valence-corrected chi connectivity index (χ0v) is 19.2. The minimum absolute atomic E-state index is 0.0308. The monoisotopic (exact) mass is 439 g/mol. The summed E-state index contributed by atoms with van der Waals surface area (Å²) in [6, 6.07) is 20.8. The third-order valence-electron chi connectivity index (χ3n) is 6.10. The molecule has 5 rings (SSSR count). The zero-order chi connectivity index (χ0) is 22.2. The highest BCUT2D eigenvalue weighted by atomic mass is 32.1. The van der Waals surface area contributed by atoms with Gasteiger partial charge in [0.25, 0.3) is 0 Å². The molecule has 32 heavy (non-hydrogen) atoms. The molecule has 1 aromatic carbocycles. The van der Waals surface area contributed by atoms with Gasteiger partial charge in [0.15, 0.2) is 5.11 Å². The van der Waals surface area contributed by atoms with Gasteiger partial charge in [0.2, 0.25) is 0 Å². The molecule has 0 unspecified atom stereocenters. The van der Waals surface area contributed by atoms with Gasteiger partial charge in [0, 0.05) is 29.5 Å². The van der Waals surface area contributed by atoms with Crippen molar-refractivity contribution >= 4 is 23.0 Å². The normalized spacial score (nSPS) is 18.1. The fourth-order valence-corrected chi connectivity index (χ4v) is 4.97. The Labute approximate surface area is 193 Å². The number of thiocarbonyl (C=S) groups is 1. The molecule has 1 N–H and O–H groups in total. The summed E-state index contributed by atoms with van der Waals surface area (Å²) in [5, 5.41) is 4.26. The average molecular weight is 440 g/mol. The summed E-state index contributed by atoms with van der Waals surface area (Å²) >= 11 is 5.86. The van der Waals surface area contributed by atoms with E-state index in [-0.39, 0.29) is 12.1 Å². The largest absolute Gasteiger partial charge is 0.351 e. The molecule has 3 aromatic heterocycles. The smallest absolute Gasteiger partial charge is 0.174 e. The van der Waals surface area contributed by atoms with Crippen molar-refractivity contribution in [1.29, 1.82) is 0 Å². The third-order valence-corrected chi connectivity index (χ3v) is 6.42. The van der Waals surface area contributed by atoms with Crippen molar-refractivity contribution < 1.29 is 0 Å². The van der Waals surface area contributed by atoms with Crippen LogP contribution in [0.25, 0.3) is 5.69 Å².